The Morgan fingerprint density at radius 3 is 2.54 bits per heavy atom. The van der Waals surface area contributed by atoms with Crippen molar-refractivity contribution in [2.45, 2.75) is 46.1 Å². The minimum Gasteiger partial charge on any atom is -0.356 e. The van der Waals surface area contributed by atoms with Crippen LogP contribution in [0.1, 0.15) is 36.7 Å². The van der Waals surface area contributed by atoms with E-state index in [4.69, 9.17) is 0 Å². The summed E-state index contributed by atoms with van der Waals surface area (Å²) in [5.41, 5.74) is 3.16. The van der Waals surface area contributed by atoms with Crippen molar-refractivity contribution in [2.75, 3.05) is 24.5 Å². The van der Waals surface area contributed by atoms with Crippen molar-refractivity contribution in [1.29, 1.82) is 0 Å². The van der Waals surface area contributed by atoms with Gasteiger partial charge in [0.15, 0.2) is 5.65 Å². The molecule has 1 N–H and O–H groups in total. The topological polar surface area (TPSA) is 82.8 Å². The van der Waals surface area contributed by atoms with Crippen LogP contribution in [0.5, 0.6) is 0 Å². The fourth-order valence-electron chi connectivity index (χ4n) is 4.20. The standard InChI is InChI=1S/C18H24N6O2/c1-5-23-17(26)20-16(25)18(23)6-8-22(9-7-18)14-10-11(2)19-15-12(3)13(4)21-24(14)15/h10H,5-9H2,1-4H3,(H,20,25,26). The van der Waals surface area contributed by atoms with E-state index in [-0.39, 0.29) is 11.9 Å². The van der Waals surface area contributed by atoms with E-state index < -0.39 is 5.54 Å². The van der Waals surface area contributed by atoms with Crippen LogP contribution in [-0.2, 0) is 4.79 Å². The second kappa shape index (κ2) is 5.69. The molecule has 2 aliphatic heterocycles. The summed E-state index contributed by atoms with van der Waals surface area (Å²) in [5, 5.41) is 7.13. The highest BCUT2D eigenvalue weighted by molar-refractivity contribution is 6.07. The van der Waals surface area contributed by atoms with E-state index in [0.29, 0.717) is 32.5 Å². The lowest BCUT2D eigenvalue weighted by Gasteiger charge is -2.42. The third-order valence-corrected chi connectivity index (χ3v) is 5.80. The van der Waals surface area contributed by atoms with Gasteiger partial charge in [0, 0.05) is 37.0 Å². The van der Waals surface area contributed by atoms with E-state index in [1.165, 1.54) is 0 Å². The van der Waals surface area contributed by atoms with E-state index in [2.05, 4.69) is 20.3 Å². The van der Waals surface area contributed by atoms with Gasteiger partial charge in [-0.1, -0.05) is 0 Å². The number of carbonyl (C=O) groups is 2. The molecule has 1 spiro atoms. The second-order valence-corrected chi connectivity index (χ2v) is 7.22. The predicted octanol–water partition coefficient (Wildman–Crippen LogP) is 1.57. The van der Waals surface area contributed by atoms with Crippen LogP contribution in [0.4, 0.5) is 10.6 Å². The molecule has 0 radical (unpaired) electrons. The predicted molar refractivity (Wildman–Crippen MR) is 97.3 cm³/mol. The highest BCUT2D eigenvalue weighted by Gasteiger charge is 2.53. The van der Waals surface area contributed by atoms with Gasteiger partial charge < -0.3 is 9.80 Å². The van der Waals surface area contributed by atoms with Crippen molar-refractivity contribution < 1.29 is 9.59 Å². The van der Waals surface area contributed by atoms with Crippen LogP contribution in [0.25, 0.3) is 5.65 Å². The first-order valence-corrected chi connectivity index (χ1v) is 9.09. The van der Waals surface area contributed by atoms with Gasteiger partial charge in [0.1, 0.15) is 11.4 Å². The summed E-state index contributed by atoms with van der Waals surface area (Å²) in [6, 6.07) is 1.76. The van der Waals surface area contributed by atoms with E-state index in [9.17, 15) is 9.59 Å². The molecule has 2 saturated heterocycles. The molecule has 2 fully saturated rings. The van der Waals surface area contributed by atoms with Gasteiger partial charge in [-0.3, -0.25) is 10.1 Å². The van der Waals surface area contributed by atoms with Gasteiger partial charge in [0.25, 0.3) is 5.91 Å². The molecule has 2 aromatic rings. The number of imide groups is 1. The highest BCUT2D eigenvalue weighted by Crippen LogP contribution is 2.35. The second-order valence-electron chi connectivity index (χ2n) is 7.22. The third-order valence-electron chi connectivity index (χ3n) is 5.80. The summed E-state index contributed by atoms with van der Waals surface area (Å²) in [4.78, 5) is 33.1. The Bertz CT molecular complexity index is 910. The lowest BCUT2D eigenvalue weighted by atomic mass is 9.86. The number of likely N-dealkylation sites (N-methyl/N-ethyl adjacent to an activating group) is 1. The molecular weight excluding hydrogens is 332 g/mol. The molecule has 2 aliphatic rings. The lowest BCUT2D eigenvalue weighted by Crippen LogP contribution is -2.56. The molecule has 8 heteroatoms. The monoisotopic (exact) mass is 356 g/mol. The van der Waals surface area contributed by atoms with Crippen LogP contribution in [0.3, 0.4) is 0 Å². The van der Waals surface area contributed by atoms with Crippen molar-refractivity contribution in [2.24, 2.45) is 0 Å². The summed E-state index contributed by atoms with van der Waals surface area (Å²) in [5.74, 6) is 0.831. The zero-order valence-electron chi connectivity index (χ0n) is 15.7. The maximum Gasteiger partial charge on any atom is 0.325 e. The molecule has 4 rings (SSSR count). The summed E-state index contributed by atoms with van der Waals surface area (Å²) >= 11 is 0. The maximum atomic E-state index is 12.5. The van der Waals surface area contributed by atoms with Gasteiger partial charge >= 0.3 is 6.03 Å². The van der Waals surface area contributed by atoms with Crippen molar-refractivity contribution in [3.05, 3.63) is 23.0 Å². The number of nitrogens with one attached hydrogen (secondary N) is 1. The Balaban J connectivity index is 1.67. The minimum atomic E-state index is -0.709. The Kier molecular flexibility index (Phi) is 3.68. The first kappa shape index (κ1) is 16.8. The number of amides is 3. The first-order valence-electron chi connectivity index (χ1n) is 9.09. The van der Waals surface area contributed by atoms with E-state index in [1.807, 2.05) is 38.3 Å². The van der Waals surface area contributed by atoms with Gasteiger partial charge in [0.05, 0.1) is 5.69 Å². The number of piperidine rings is 1. The van der Waals surface area contributed by atoms with Crippen molar-refractivity contribution >= 4 is 23.4 Å². The molecule has 0 bridgehead atoms. The quantitative estimate of drug-likeness (QED) is 0.826. The van der Waals surface area contributed by atoms with Crippen molar-refractivity contribution in [1.82, 2.24) is 24.8 Å². The molecule has 8 nitrogen and oxygen atoms in total. The Labute approximate surface area is 152 Å². The van der Waals surface area contributed by atoms with Gasteiger partial charge in [0.2, 0.25) is 0 Å². The summed E-state index contributed by atoms with van der Waals surface area (Å²) in [6.45, 7) is 9.83. The van der Waals surface area contributed by atoms with Gasteiger partial charge in [-0.25, -0.2) is 9.78 Å². The molecule has 26 heavy (non-hydrogen) atoms. The van der Waals surface area contributed by atoms with Crippen molar-refractivity contribution in [3.8, 4) is 0 Å². The van der Waals surface area contributed by atoms with Crippen LogP contribution < -0.4 is 10.2 Å². The van der Waals surface area contributed by atoms with Crippen LogP contribution in [0, 0.1) is 20.8 Å². The van der Waals surface area contributed by atoms with Crippen LogP contribution in [0.2, 0.25) is 0 Å². The largest absolute Gasteiger partial charge is 0.356 e. The number of aryl methyl sites for hydroxylation is 3. The molecule has 0 aliphatic carbocycles. The SMILES string of the molecule is CCN1C(=O)NC(=O)C12CCN(c1cc(C)nc3c(C)c(C)nn13)CC2. The van der Waals surface area contributed by atoms with Gasteiger partial charge in [-0.05, 0) is 40.5 Å². The fourth-order valence-corrected chi connectivity index (χ4v) is 4.20. The van der Waals surface area contributed by atoms with E-state index in [1.54, 1.807) is 4.90 Å². The average Bonchev–Trinajstić information content (AvgIpc) is 3.02. The number of carbonyl (C=O) groups excluding carboxylic acids is 2. The molecule has 3 amide bonds. The number of fused-ring (bicyclic) bond motifs is 1. The molecule has 0 unspecified atom stereocenters. The zero-order chi connectivity index (χ0) is 18.6. The third kappa shape index (κ3) is 2.21. The smallest absolute Gasteiger partial charge is 0.325 e. The number of urea groups is 1. The van der Waals surface area contributed by atoms with E-state index >= 15 is 0 Å². The minimum absolute atomic E-state index is 0.161. The van der Waals surface area contributed by atoms with Crippen LogP contribution >= 0.6 is 0 Å². The highest BCUT2D eigenvalue weighted by atomic mass is 16.2. The Hall–Kier alpha value is -2.64. The number of nitrogens with zero attached hydrogens (tertiary/aromatic N) is 5. The number of rotatable bonds is 2. The summed E-state index contributed by atoms with van der Waals surface area (Å²) in [7, 11) is 0. The summed E-state index contributed by atoms with van der Waals surface area (Å²) in [6.07, 6.45) is 1.22. The number of anilines is 1. The van der Waals surface area contributed by atoms with Gasteiger partial charge in [-0.2, -0.15) is 9.61 Å². The molecular formula is C18H24N6O2. The molecule has 138 valence electrons. The summed E-state index contributed by atoms with van der Waals surface area (Å²) < 4.78 is 1.90. The molecule has 0 aromatic carbocycles. The number of hydrogen-bond donors (Lipinski definition) is 1. The fraction of sp³-hybridized carbons (Fsp3) is 0.556. The Morgan fingerprint density at radius 2 is 1.88 bits per heavy atom. The Morgan fingerprint density at radius 1 is 1.19 bits per heavy atom. The van der Waals surface area contributed by atoms with Crippen LogP contribution in [-0.4, -0.2) is 56.6 Å². The number of hydrogen-bond acceptors (Lipinski definition) is 5. The first-order chi connectivity index (χ1) is 12.4. The normalized spacial score (nSPS) is 19.7. The molecule has 2 aromatic heterocycles. The zero-order valence-corrected chi connectivity index (χ0v) is 15.7. The van der Waals surface area contributed by atoms with Crippen LogP contribution in [0.15, 0.2) is 6.07 Å². The number of aromatic nitrogens is 3. The molecule has 4 heterocycles. The molecule has 0 saturated carbocycles. The molecule has 0 atom stereocenters. The van der Waals surface area contributed by atoms with Crippen molar-refractivity contribution in [3.63, 3.8) is 0 Å². The average molecular weight is 356 g/mol. The van der Waals surface area contributed by atoms with Gasteiger partial charge in [-0.15, -0.1) is 0 Å². The lowest BCUT2D eigenvalue weighted by molar-refractivity contribution is -0.127. The van der Waals surface area contributed by atoms with E-state index in [0.717, 1.165) is 28.4 Å². The maximum absolute atomic E-state index is 12.5.